The highest BCUT2D eigenvalue weighted by molar-refractivity contribution is 5.79. The minimum absolute atomic E-state index is 0.234. The lowest BCUT2D eigenvalue weighted by Crippen LogP contribution is -2.38. The van der Waals surface area contributed by atoms with Gasteiger partial charge in [0.05, 0.1) is 11.3 Å². The summed E-state index contributed by atoms with van der Waals surface area (Å²) in [5, 5.41) is 7.77. The molecule has 1 N–H and O–H groups in total. The molecule has 1 heterocycles. The van der Waals surface area contributed by atoms with Gasteiger partial charge < -0.3 is 10.2 Å². The van der Waals surface area contributed by atoms with Crippen LogP contribution in [0.3, 0.4) is 0 Å². The van der Waals surface area contributed by atoms with Gasteiger partial charge in [0.15, 0.2) is 5.96 Å². The van der Waals surface area contributed by atoms with E-state index in [0.29, 0.717) is 30.5 Å². The van der Waals surface area contributed by atoms with E-state index in [1.54, 1.807) is 0 Å². The van der Waals surface area contributed by atoms with Gasteiger partial charge in [-0.2, -0.15) is 18.3 Å². The average molecular weight is 419 g/mol. The van der Waals surface area contributed by atoms with Crippen molar-refractivity contribution in [3.05, 3.63) is 52.8 Å². The normalized spacial score (nSPS) is 12.0. The topological polar surface area (TPSA) is 45.5 Å². The summed E-state index contributed by atoms with van der Waals surface area (Å²) in [6.07, 6.45) is -2.33. The van der Waals surface area contributed by atoms with E-state index in [0.717, 1.165) is 23.4 Å². The lowest BCUT2D eigenvalue weighted by molar-refractivity contribution is -0.137. The predicted octanol–water partition coefficient (Wildman–Crippen LogP) is 4.01. The molecule has 0 saturated heterocycles. The molecule has 0 atom stereocenters. The lowest BCUT2D eigenvalue weighted by Gasteiger charge is -2.22. The molecule has 0 unspecified atom stereocenters. The maximum atomic E-state index is 12.6. The van der Waals surface area contributed by atoms with Crippen molar-refractivity contribution >= 4 is 5.96 Å². The number of nitrogens with one attached hydrogen (secondary N) is 1. The molecule has 0 bridgehead atoms. The van der Waals surface area contributed by atoms with Gasteiger partial charge in [0.1, 0.15) is 6.54 Å². The van der Waals surface area contributed by atoms with Crippen molar-refractivity contribution in [2.24, 2.45) is 12.0 Å². The fourth-order valence-electron chi connectivity index (χ4n) is 2.96. The molecule has 0 saturated carbocycles. The zero-order chi connectivity index (χ0) is 22.3. The van der Waals surface area contributed by atoms with Gasteiger partial charge in [0.2, 0.25) is 0 Å². The van der Waals surface area contributed by atoms with Gasteiger partial charge in [-0.1, -0.05) is 25.7 Å². The quantitative estimate of drug-likeness (QED) is 0.453. The number of aliphatic imine (C=N–C) groups is 1. The number of guanidine groups is 1. The smallest absolute Gasteiger partial charge is 0.356 e. The molecule has 0 fully saturated rings. The number of nitrogens with zero attached hydrogens (tertiary/aromatic N) is 4. The maximum absolute atomic E-state index is 12.6. The van der Waals surface area contributed by atoms with E-state index in [-0.39, 0.29) is 6.54 Å². The van der Waals surface area contributed by atoms with Gasteiger partial charge in [-0.3, -0.25) is 4.68 Å². The number of hydrogen-bond donors (Lipinski definition) is 1. The van der Waals surface area contributed by atoms with Crippen molar-refractivity contribution in [2.75, 3.05) is 20.1 Å². The minimum Gasteiger partial charge on any atom is -0.356 e. The monoisotopic (exact) mass is 419 g/mol. The Morgan fingerprint density at radius 3 is 2.50 bits per heavy atom. The largest absolute Gasteiger partial charge is 0.416 e. The van der Waals surface area contributed by atoms with E-state index in [4.69, 9.17) is 0 Å². The molecule has 0 spiro atoms. The summed E-state index contributed by atoms with van der Waals surface area (Å²) in [6.45, 7) is 7.81. The molecule has 30 heavy (non-hydrogen) atoms. The second kappa shape index (κ2) is 10.2. The average Bonchev–Trinajstić information content (AvgIpc) is 3.04. The van der Waals surface area contributed by atoms with Crippen molar-refractivity contribution in [3.8, 4) is 11.8 Å². The fourth-order valence-corrected chi connectivity index (χ4v) is 2.96. The van der Waals surface area contributed by atoms with E-state index in [9.17, 15) is 13.2 Å². The number of alkyl halides is 3. The SMILES string of the molecule is CCNC(=NCC#Cc1ccc(C(F)(F)F)cc1)N(C)Cc1cn(C)nc1C(C)C. The standard InChI is InChI=1S/C22H28F3N5/c1-6-26-21(29(4)14-18-15-30(5)28-20(18)16(2)3)27-13-7-8-17-9-11-19(12-10-17)22(23,24)25/h9-12,15-16H,6,13-14H2,1-5H3,(H,26,27). The molecule has 162 valence electrons. The first-order chi connectivity index (χ1) is 14.1. The molecular formula is C22H28F3N5. The highest BCUT2D eigenvalue weighted by atomic mass is 19.4. The van der Waals surface area contributed by atoms with Crippen LogP contribution in [0, 0.1) is 11.8 Å². The van der Waals surface area contributed by atoms with Crippen LogP contribution < -0.4 is 5.32 Å². The van der Waals surface area contributed by atoms with Crippen LogP contribution in [0.5, 0.6) is 0 Å². The summed E-state index contributed by atoms with van der Waals surface area (Å²) in [7, 11) is 3.85. The molecule has 2 aromatic rings. The second-order valence-corrected chi connectivity index (χ2v) is 7.27. The van der Waals surface area contributed by atoms with Crippen LogP contribution in [0.1, 0.15) is 49.1 Å². The molecular weight excluding hydrogens is 391 g/mol. The number of rotatable bonds is 5. The molecule has 8 heteroatoms. The Bertz CT molecular complexity index is 915. The maximum Gasteiger partial charge on any atom is 0.416 e. The highest BCUT2D eigenvalue weighted by Crippen LogP contribution is 2.28. The summed E-state index contributed by atoms with van der Waals surface area (Å²) in [6, 6.07) is 4.80. The van der Waals surface area contributed by atoms with Crippen LogP contribution in [0.25, 0.3) is 0 Å². The van der Waals surface area contributed by atoms with Crippen molar-refractivity contribution in [2.45, 2.75) is 39.4 Å². The highest BCUT2D eigenvalue weighted by Gasteiger charge is 2.29. The van der Waals surface area contributed by atoms with Crippen LogP contribution in [0.4, 0.5) is 13.2 Å². The van der Waals surface area contributed by atoms with Gasteiger partial charge in [0.25, 0.3) is 0 Å². The second-order valence-electron chi connectivity index (χ2n) is 7.27. The Morgan fingerprint density at radius 2 is 1.93 bits per heavy atom. The van der Waals surface area contributed by atoms with Gasteiger partial charge in [-0.15, -0.1) is 0 Å². The van der Waals surface area contributed by atoms with E-state index in [1.165, 1.54) is 12.1 Å². The number of halogens is 3. The first-order valence-corrected chi connectivity index (χ1v) is 9.79. The predicted molar refractivity (Wildman–Crippen MR) is 113 cm³/mol. The minimum atomic E-state index is -4.34. The summed E-state index contributed by atoms with van der Waals surface area (Å²) in [5.41, 5.74) is 2.03. The zero-order valence-corrected chi connectivity index (χ0v) is 18.0. The molecule has 0 aliphatic heterocycles. The van der Waals surface area contributed by atoms with E-state index in [1.807, 2.05) is 36.8 Å². The van der Waals surface area contributed by atoms with Gasteiger partial charge in [-0.25, -0.2) is 4.99 Å². The summed E-state index contributed by atoms with van der Waals surface area (Å²) >= 11 is 0. The first kappa shape index (κ1) is 23.3. The third kappa shape index (κ3) is 6.55. The molecule has 5 nitrogen and oxygen atoms in total. The Balaban J connectivity index is 2.07. The van der Waals surface area contributed by atoms with Gasteiger partial charge in [-0.05, 0) is 37.1 Å². The van der Waals surface area contributed by atoms with Crippen LogP contribution in [-0.2, 0) is 19.8 Å². The third-order valence-electron chi connectivity index (χ3n) is 4.34. The Kier molecular flexibility index (Phi) is 7.93. The third-order valence-corrected chi connectivity index (χ3v) is 4.34. The van der Waals surface area contributed by atoms with Gasteiger partial charge >= 0.3 is 6.18 Å². The Hall–Kier alpha value is -2.95. The summed E-state index contributed by atoms with van der Waals surface area (Å²) < 4.78 is 39.7. The van der Waals surface area contributed by atoms with Crippen LogP contribution in [-0.4, -0.2) is 40.8 Å². The van der Waals surface area contributed by atoms with Crippen LogP contribution >= 0.6 is 0 Å². The molecule has 0 radical (unpaired) electrons. The van der Waals surface area contributed by atoms with Crippen molar-refractivity contribution in [1.29, 1.82) is 0 Å². The number of benzene rings is 1. The molecule has 1 aromatic heterocycles. The Morgan fingerprint density at radius 1 is 1.27 bits per heavy atom. The Labute approximate surface area is 176 Å². The fraction of sp³-hybridized carbons (Fsp3) is 0.455. The van der Waals surface area contributed by atoms with Crippen molar-refractivity contribution in [1.82, 2.24) is 20.0 Å². The van der Waals surface area contributed by atoms with E-state index >= 15 is 0 Å². The number of aryl methyl sites for hydroxylation is 1. The van der Waals surface area contributed by atoms with Crippen LogP contribution in [0.2, 0.25) is 0 Å². The van der Waals surface area contributed by atoms with Crippen molar-refractivity contribution < 1.29 is 13.2 Å². The molecule has 0 aliphatic rings. The summed E-state index contributed by atoms with van der Waals surface area (Å²) in [4.78, 5) is 6.52. The molecule has 2 rings (SSSR count). The first-order valence-electron chi connectivity index (χ1n) is 9.79. The zero-order valence-electron chi connectivity index (χ0n) is 18.0. The van der Waals surface area contributed by atoms with E-state index in [2.05, 4.69) is 41.1 Å². The molecule has 1 aromatic carbocycles. The summed E-state index contributed by atoms with van der Waals surface area (Å²) in [5.74, 6) is 6.78. The molecule has 0 amide bonds. The van der Waals surface area contributed by atoms with Gasteiger partial charge in [0, 0.05) is 44.5 Å². The number of aromatic nitrogens is 2. The van der Waals surface area contributed by atoms with Crippen molar-refractivity contribution in [3.63, 3.8) is 0 Å². The number of hydrogen-bond acceptors (Lipinski definition) is 2. The van der Waals surface area contributed by atoms with Crippen LogP contribution in [0.15, 0.2) is 35.5 Å². The lowest BCUT2D eigenvalue weighted by atomic mass is 10.1. The molecule has 0 aliphatic carbocycles. The van der Waals surface area contributed by atoms with E-state index < -0.39 is 11.7 Å².